The smallest absolute Gasteiger partial charge is 0.300 e. The van der Waals surface area contributed by atoms with Gasteiger partial charge in [0.05, 0.1) is 16.6 Å². The Balaban J connectivity index is 1.98. The summed E-state index contributed by atoms with van der Waals surface area (Å²) >= 11 is 6.13. The predicted octanol–water partition coefficient (Wildman–Crippen LogP) is 5.29. The first-order valence-electron chi connectivity index (χ1n) is 9.71. The molecule has 0 aromatic heterocycles. The molecule has 1 amide bonds. The number of anilines is 1. The third-order valence-corrected chi connectivity index (χ3v) is 5.85. The van der Waals surface area contributed by atoms with Crippen molar-refractivity contribution in [1.82, 2.24) is 0 Å². The largest absolute Gasteiger partial charge is 0.507 e. The summed E-state index contributed by atoms with van der Waals surface area (Å²) in [4.78, 5) is 27.6. The average Bonchev–Trinajstić information content (AvgIpc) is 3.03. The van der Waals surface area contributed by atoms with E-state index in [0.29, 0.717) is 16.8 Å². The Morgan fingerprint density at radius 1 is 0.935 bits per heavy atom. The first-order valence-corrected chi connectivity index (χ1v) is 10.1. The van der Waals surface area contributed by atoms with Crippen LogP contribution >= 0.6 is 11.6 Å². The second-order valence-corrected chi connectivity index (χ2v) is 7.92. The van der Waals surface area contributed by atoms with Crippen molar-refractivity contribution in [1.29, 1.82) is 0 Å². The van der Waals surface area contributed by atoms with Crippen molar-refractivity contribution in [3.63, 3.8) is 0 Å². The lowest BCUT2D eigenvalue weighted by Crippen LogP contribution is -2.29. The van der Waals surface area contributed by atoms with Gasteiger partial charge in [-0.3, -0.25) is 14.5 Å². The molecule has 1 saturated heterocycles. The second kappa shape index (κ2) is 7.93. The van der Waals surface area contributed by atoms with Gasteiger partial charge in [0.15, 0.2) is 0 Å². The number of aryl methyl sites for hydroxylation is 2. The number of hydrogen-bond donors (Lipinski definition) is 2. The van der Waals surface area contributed by atoms with Gasteiger partial charge >= 0.3 is 0 Å². The minimum atomic E-state index is -0.902. The Kier molecular flexibility index (Phi) is 5.29. The number of ketones is 1. The third-order valence-electron chi connectivity index (χ3n) is 5.55. The molecular formula is C25H20ClNO4. The van der Waals surface area contributed by atoms with Crippen molar-refractivity contribution < 1.29 is 19.8 Å². The molecule has 4 rings (SSSR count). The summed E-state index contributed by atoms with van der Waals surface area (Å²) in [5.74, 6) is -1.90. The fraction of sp³-hybridized carbons (Fsp3) is 0.120. The van der Waals surface area contributed by atoms with Crippen LogP contribution in [0.2, 0.25) is 5.02 Å². The van der Waals surface area contributed by atoms with Crippen LogP contribution in [-0.2, 0) is 9.59 Å². The Bertz CT molecular complexity index is 1230. The highest BCUT2D eigenvalue weighted by Crippen LogP contribution is 2.43. The van der Waals surface area contributed by atoms with E-state index in [2.05, 4.69) is 0 Å². The zero-order valence-electron chi connectivity index (χ0n) is 17.0. The molecule has 156 valence electrons. The molecule has 3 aromatic carbocycles. The number of benzene rings is 3. The van der Waals surface area contributed by atoms with Crippen LogP contribution in [0, 0.1) is 13.8 Å². The van der Waals surface area contributed by atoms with Crippen LogP contribution in [-0.4, -0.2) is 21.9 Å². The molecule has 0 bridgehead atoms. The molecule has 0 aliphatic carbocycles. The molecule has 5 nitrogen and oxygen atoms in total. The van der Waals surface area contributed by atoms with Crippen LogP contribution in [0.25, 0.3) is 5.76 Å². The Hall–Kier alpha value is -3.57. The fourth-order valence-electron chi connectivity index (χ4n) is 3.73. The Morgan fingerprint density at radius 2 is 1.65 bits per heavy atom. The molecule has 0 spiro atoms. The van der Waals surface area contributed by atoms with E-state index in [1.165, 1.54) is 17.0 Å². The van der Waals surface area contributed by atoms with E-state index in [9.17, 15) is 19.8 Å². The zero-order valence-corrected chi connectivity index (χ0v) is 17.7. The summed E-state index contributed by atoms with van der Waals surface area (Å²) in [6, 6.07) is 17.7. The number of aliphatic hydroxyl groups excluding tert-OH is 1. The lowest BCUT2D eigenvalue weighted by atomic mass is 9.95. The molecule has 1 atom stereocenters. The molecule has 1 unspecified atom stereocenters. The third kappa shape index (κ3) is 3.57. The molecule has 0 saturated carbocycles. The molecular weight excluding hydrogens is 414 g/mol. The number of halogens is 1. The number of phenolic OH excluding ortho intramolecular Hbond substituents is 1. The monoisotopic (exact) mass is 433 g/mol. The summed E-state index contributed by atoms with van der Waals surface area (Å²) < 4.78 is 0. The molecule has 1 heterocycles. The van der Waals surface area contributed by atoms with Gasteiger partial charge in [0.25, 0.3) is 11.7 Å². The van der Waals surface area contributed by atoms with Crippen LogP contribution < -0.4 is 4.90 Å². The van der Waals surface area contributed by atoms with E-state index in [1.807, 2.05) is 26.0 Å². The number of nitrogens with zero attached hydrogens (tertiary/aromatic N) is 1. The average molecular weight is 434 g/mol. The van der Waals surface area contributed by atoms with Crippen molar-refractivity contribution in [3.8, 4) is 5.75 Å². The number of aromatic hydroxyl groups is 1. The molecule has 1 aliphatic heterocycles. The van der Waals surface area contributed by atoms with Crippen molar-refractivity contribution in [3.05, 3.63) is 99.6 Å². The highest BCUT2D eigenvalue weighted by atomic mass is 35.5. The highest BCUT2D eigenvalue weighted by Gasteiger charge is 2.47. The van der Waals surface area contributed by atoms with E-state index >= 15 is 0 Å². The molecule has 31 heavy (non-hydrogen) atoms. The number of hydrogen-bond acceptors (Lipinski definition) is 4. The lowest BCUT2D eigenvalue weighted by Gasteiger charge is -2.26. The van der Waals surface area contributed by atoms with Gasteiger partial charge in [-0.25, -0.2) is 0 Å². The van der Waals surface area contributed by atoms with E-state index in [1.54, 1.807) is 42.5 Å². The number of rotatable bonds is 3. The van der Waals surface area contributed by atoms with Crippen LogP contribution in [0.15, 0.2) is 72.3 Å². The number of carbonyl (C=O) groups excluding carboxylic acids is 2. The van der Waals surface area contributed by atoms with Gasteiger partial charge in [0, 0.05) is 11.3 Å². The zero-order chi connectivity index (χ0) is 22.3. The van der Waals surface area contributed by atoms with Crippen LogP contribution in [0.5, 0.6) is 5.75 Å². The van der Waals surface area contributed by atoms with Crippen molar-refractivity contribution in [2.45, 2.75) is 19.9 Å². The molecule has 0 radical (unpaired) electrons. The van der Waals surface area contributed by atoms with Gasteiger partial charge < -0.3 is 10.2 Å². The Labute approximate surface area is 184 Å². The van der Waals surface area contributed by atoms with E-state index in [0.717, 1.165) is 11.1 Å². The molecule has 1 aliphatic rings. The maximum atomic E-state index is 13.1. The van der Waals surface area contributed by atoms with Gasteiger partial charge in [-0.1, -0.05) is 54.1 Å². The summed E-state index contributed by atoms with van der Waals surface area (Å²) in [7, 11) is 0. The van der Waals surface area contributed by atoms with Crippen molar-refractivity contribution in [2.75, 3.05) is 4.90 Å². The summed E-state index contributed by atoms with van der Waals surface area (Å²) in [5, 5.41) is 21.0. The predicted molar refractivity (Wildman–Crippen MR) is 120 cm³/mol. The number of aliphatic hydroxyl groups is 1. The topological polar surface area (TPSA) is 77.8 Å². The number of amides is 1. The minimum absolute atomic E-state index is 0.0313. The Morgan fingerprint density at radius 3 is 2.29 bits per heavy atom. The minimum Gasteiger partial charge on any atom is -0.507 e. The first kappa shape index (κ1) is 20.7. The summed E-state index contributed by atoms with van der Waals surface area (Å²) in [6.45, 7) is 3.88. The van der Waals surface area contributed by atoms with Gasteiger partial charge in [0.2, 0.25) is 0 Å². The maximum Gasteiger partial charge on any atom is 0.300 e. The van der Waals surface area contributed by atoms with E-state index in [4.69, 9.17) is 11.6 Å². The van der Waals surface area contributed by atoms with Crippen LogP contribution in [0.1, 0.15) is 28.3 Å². The van der Waals surface area contributed by atoms with Gasteiger partial charge in [-0.15, -0.1) is 0 Å². The van der Waals surface area contributed by atoms with Crippen LogP contribution in [0.4, 0.5) is 5.69 Å². The standard InChI is InChI=1S/C25H20ClNO4/c1-14-8-10-18(12-15(14)2)27-22(17-9-11-20(28)19(26)13-17)21(24(30)25(27)31)23(29)16-6-4-3-5-7-16/h3-13,22,28-29H,1-2H3/b23-21+. The molecule has 6 heteroatoms. The van der Waals surface area contributed by atoms with E-state index in [-0.39, 0.29) is 22.1 Å². The molecule has 2 N–H and O–H groups in total. The number of Topliss-reactive ketones (excluding diaryl/α,β-unsaturated/α-hetero) is 1. The first-order chi connectivity index (χ1) is 14.8. The normalized spacial score (nSPS) is 17.9. The number of carbonyl (C=O) groups is 2. The SMILES string of the molecule is Cc1ccc(N2C(=O)C(=O)/C(=C(/O)c3ccccc3)C2c2ccc(O)c(Cl)c2)cc1C. The molecule has 3 aromatic rings. The second-order valence-electron chi connectivity index (χ2n) is 7.51. The van der Waals surface area contributed by atoms with Gasteiger partial charge in [-0.2, -0.15) is 0 Å². The van der Waals surface area contributed by atoms with Crippen molar-refractivity contribution >= 4 is 34.7 Å². The maximum absolute atomic E-state index is 13.1. The van der Waals surface area contributed by atoms with Crippen molar-refractivity contribution in [2.24, 2.45) is 0 Å². The van der Waals surface area contributed by atoms with Gasteiger partial charge in [-0.05, 0) is 54.8 Å². The van der Waals surface area contributed by atoms with Gasteiger partial charge in [0.1, 0.15) is 11.5 Å². The van der Waals surface area contributed by atoms with E-state index < -0.39 is 17.7 Å². The van der Waals surface area contributed by atoms with Crippen LogP contribution in [0.3, 0.4) is 0 Å². The summed E-state index contributed by atoms with van der Waals surface area (Å²) in [5.41, 5.74) is 3.44. The quantitative estimate of drug-likeness (QED) is 0.334. The number of phenols is 1. The summed E-state index contributed by atoms with van der Waals surface area (Å²) in [6.07, 6.45) is 0. The highest BCUT2D eigenvalue weighted by molar-refractivity contribution is 6.51. The fourth-order valence-corrected chi connectivity index (χ4v) is 3.92. The molecule has 1 fully saturated rings. The lowest BCUT2D eigenvalue weighted by molar-refractivity contribution is -0.132.